The molecule has 0 bridgehead atoms. The van der Waals surface area contributed by atoms with Crippen LogP contribution in [0.25, 0.3) is 0 Å². The number of nitrogens with two attached hydrogens (primary N) is 1. The number of carbonyl (C=O) groups is 1. The average molecular weight is 312 g/mol. The van der Waals surface area contributed by atoms with Crippen molar-refractivity contribution in [3.05, 3.63) is 23.8 Å². The van der Waals surface area contributed by atoms with Crippen LogP contribution in [-0.2, 0) is 10.0 Å². The molecule has 1 heterocycles. The molecular formula is C13H20N4O3S. The molecule has 8 heteroatoms. The fourth-order valence-corrected chi connectivity index (χ4v) is 3.28. The number of hydrogen-bond donors (Lipinski definition) is 2. The number of piperazine rings is 1. The summed E-state index contributed by atoms with van der Waals surface area (Å²) in [5, 5.41) is 0. The fraction of sp³-hybridized carbons (Fsp3) is 0.462. The number of primary amides is 1. The first-order valence-corrected chi connectivity index (χ1v) is 8.14. The third kappa shape index (κ3) is 3.34. The molecule has 0 unspecified atom stereocenters. The molecule has 1 aliphatic heterocycles. The van der Waals surface area contributed by atoms with Crippen molar-refractivity contribution in [2.45, 2.75) is 4.90 Å². The maximum Gasteiger partial charge on any atom is 0.248 e. The van der Waals surface area contributed by atoms with E-state index in [4.69, 9.17) is 5.73 Å². The predicted molar refractivity (Wildman–Crippen MR) is 80.9 cm³/mol. The van der Waals surface area contributed by atoms with Gasteiger partial charge in [-0.1, -0.05) is 0 Å². The topological polar surface area (TPSA) is 95.7 Å². The van der Waals surface area contributed by atoms with Gasteiger partial charge in [0.05, 0.1) is 5.69 Å². The summed E-state index contributed by atoms with van der Waals surface area (Å²) in [5.74, 6) is -0.646. The lowest BCUT2D eigenvalue weighted by Gasteiger charge is -2.35. The van der Waals surface area contributed by atoms with E-state index in [1.807, 2.05) is 11.9 Å². The number of carbonyl (C=O) groups excluding carboxylic acids is 1. The highest BCUT2D eigenvalue weighted by Gasteiger charge is 2.24. The molecule has 3 N–H and O–H groups in total. The Bertz CT molecular complexity index is 637. The Kier molecular flexibility index (Phi) is 4.50. The summed E-state index contributed by atoms with van der Waals surface area (Å²) in [4.78, 5) is 15.6. The molecule has 0 aliphatic carbocycles. The summed E-state index contributed by atoms with van der Waals surface area (Å²) in [5.41, 5.74) is 6.02. The first-order valence-electron chi connectivity index (χ1n) is 6.66. The van der Waals surface area contributed by atoms with Crippen molar-refractivity contribution in [1.29, 1.82) is 0 Å². The number of likely N-dealkylation sites (N-methyl/N-ethyl adjacent to an activating group) is 1. The average Bonchev–Trinajstić information content (AvgIpc) is 2.47. The number of hydrogen-bond acceptors (Lipinski definition) is 5. The Balaban J connectivity index is 2.47. The van der Waals surface area contributed by atoms with Gasteiger partial charge in [-0.05, 0) is 32.3 Å². The number of benzene rings is 1. The molecule has 1 aliphatic rings. The van der Waals surface area contributed by atoms with Gasteiger partial charge in [-0.3, -0.25) is 4.79 Å². The highest BCUT2D eigenvalue weighted by atomic mass is 32.2. The zero-order valence-corrected chi connectivity index (χ0v) is 13.0. The minimum absolute atomic E-state index is 0.0888. The molecule has 7 nitrogen and oxygen atoms in total. The van der Waals surface area contributed by atoms with Gasteiger partial charge in [0.1, 0.15) is 4.90 Å². The standard InChI is InChI=1S/C13H20N4O3S/c1-15-21(19,20)12-9-10(13(14)18)3-4-11(12)17-7-5-16(2)6-8-17/h3-4,9,15H,5-8H2,1-2H3,(H2,14,18). The second-order valence-electron chi connectivity index (χ2n) is 5.04. The molecule has 0 aromatic heterocycles. The van der Waals surface area contributed by atoms with Crippen molar-refractivity contribution in [3.63, 3.8) is 0 Å². The van der Waals surface area contributed by atoms with Crippen LogP contribution in [-0.4, -0.2) is 59.5 Å². The Morgan fingerprint density at radius 2 is 1.86 bits per heavy atom. The monoisotopic (exact) mass is 312 g/mol. The van der Waals surface area contributed by atoms with Gasteiger partial charge < -0.3 is 15.5 Å². The van der Waals surface area contributed by atoms with Gasteiger partial charge in [0.2, 0.25) is 15.9 Å². The van der Waals surface area contributed by atoms with E-state index in [-0.39, 0.29) is 10.5 Å². The summed E-state index contributed by atoms with van der Waals surface area (Å²) in [6.07, 6.45) is 0. The number of nitrogens with zero attached hydrogens (tertiary/aromatic N) is 2. The number of rotatable bonds is 4. The molecule has 1 aromatic carbocycles. The van der Waals surface area contributed by atoms with Crippen LogP contribution >= 0.6 is 0 Å². The van der Waals surface area contributed by atoms with E-state index in [0.717, 1.165) is 26.2 Å². The van der Waals surface area contributed by atoms with Crippen molar-refractivity contribution >= 4 is 21.6 Å². The SMILES string of the molecule is CNS(=O)(=O)c1cc(C(N)=O)ccc1N1CCN(C)CC1. The Labute approximate surface area is 124 Å². The first kappa shape index (κ1) is 15.7. The minimum atomic E-state index is -3.66. The van der Waals surface area contributed by atoms with Gasteiger partial charge in [-0.2, -0.15) is 0 Å². The number of amides is 1. The molecule has 0 saturated carbocycles. The maximum atomic E-state index is 12.2. The van der Waals surface area contributed by atoms with E-state index in [1.54, 1.807) is 12.1 Å². The Morgan fingerprint density at radius 3 is 2.38 bits per heavy atom. The molecule has 2 rings (SSSR count). The molecule has 0 spiro atoms. The lowest BCUT2D eigenvalue weighted by atomic mass is 10.1. The van der Waals surface area contributed by atoms with Gasteiger partial charge in [0.15, 0.2) is 0 Å². The van der Waals surface area contributed by atoms with E-state index >= 15 is 0 Å². The van der Waals surface area contributed by atoms with Crippen LogP contribution in [0.3, 0.4) is 0 Å². The minimum Gasteiger partial charge on any atom is -0.368 e. The van der Waals surface area contributed by atoms with Crippen LogP contribution in [0.5, 0.6) is 0 Å². The van der Waals surface area contributed by atoms with Crippen LogP contribution in [0, 0.1) is 0 Å². The summed E-state index contributed by atoms with van der Waals surface area (Å²) in [7, 11) is -0.287. The van der Waals surface area contributed by atoms with E-state index in [1.165, 1.54) is 13.1 Å². The van der Waals surface area contributed by atoms with Crippen molar-refractivity contribution in [3.8, 4) is 0 Å². The zero-order chi connectivity index (χ0) is 15.6. The zero-order valence-electron chi connectivity index (χ0n) is 12.2. The third-order valence-corrected chi connectivity index (χ3v) is 5.09. The molecule has 1 fully saturated rings. The number of anilines is 1. The van der Waals surface area contributed by atoms with Crippen LogP contribution in [0.15, 0.2) is 23.1 Å². The molecule has 116 valence electrons. The third-order valence-electron chi connectivity index (χ3n) is 3.65. The molecular weight excluding hydrogens is 292 g/mol. The number of sulfonamides is 1. The van der Waals surface area contributed by atoms with Gasteiger partial charge in [0, 0.05) is 31.7 Å². The maximum absolute atomic E-state index is 12.2. The molecule has 1 saturated heterocycles. The van der Waals surface area contributed by atoms with Crippen LogP contribution < -0.4 is 15.4 Å². The van der Waals surface area contributed by atoms with Crippen molar-refractivity contribution in [1.82, 2.24) is 9.62 Å². The quantitative estimate of drug-likeness (QED) is 0.777. The fourth-order valence-electron chi connectivity index (χ4n) is 2.30. The van der Waals surface area contributed by atoms with Crippen molar-refractivity contribution < 1.29 is 13.2 Å². The lowest BCUT2D eigenvalue weighted by Crippen LogP contribution is -2.45. The Morgan fingerprint density at radius 1 is 1.24 bits per heavy atom. The summed E-state index contributed by atoms with van der Waals surface area (Å²) >= 11 is 0. The molecule has 21 heavy (non-hydrogen) atoms. The van der Waals surface area contributed by atoms with E-state index in [9.17, 15) is 13.2 Å². The van der Waals surface area contributed by atoms with E-state index < -0.39 is 15.9 Å². The van der Waals surface area contributed by atoms with E-state index in [0.29, 0.717) is 5.69 Å². The van der Waals surface area contributed by atoms with Crippen molar-refractivity contribution in [2.24, 2.45) is 5.73 Å². The molecule has 0 atom stereocenters. The van der Waals surface area contributed by atoms with E-state index in [2.05, 4.69) is 9.62 Å². The largest absolute Gasteiger partial charge is 0.368 e. The summed E-state index contributed by atoms with van der Waals surface area (Å²) in [6, 6.07) is 4.54. The second kappa shape index (κ2) is 6.00. The van der Waals surface area contributed by atoms with Gasteiger partial charge in [-0.25, -0.2) is 13.1 Å². The summed E-state index contributed by atoms with van der Waals surface area (Å²) < 4.78 is 26.7. The highest BCUT2D eigenvalue weighted by Crippen LogP contribution is 2.27. The van der Waals surface area contributed by atoms with Crippen LogP contribution in [0.4, 0.5) is 5.69 Å². The second-order valence-corrected chi connectivity index (χ2v) is 6.90. The van der Waals surface area contributed by atoms with Crippen LogP contribution in [0.1, 0.15) is 10.4 Å². The lowest BCUT2D eigenvalue weighted by molar-refractivity contribution is 0.1000. The predicted octanol–water partition coefficient (Wildman–Crippen LogP) is -0.555. The van der Waals surface area contributed by atoms with Gasteiger partial charge >= 0.3 is 0 Å². The normalized spacial score (nSPS) is 17.0. The summed E-state index contributed by atoms with van der Waals surface area (Å²) in [6.45, 7) is 3.19. The van der Waals surface area contributed by atoms with Crippen LogP contribution in [0.2, 0.25) is 0 Å². The Hall–Kier alpha value is -1.64. The number of nitrogens with one attached hydrogen (secondary N) is 1. The van der Waals surface area contributed by atoms with Gasteiger partial charge in [-0.15, -0.1) is 0 Å². The van der Waals surface area contributed by atoms with Gasteiger partial charge in [0.25, 0.3) is 0 Å². The molecule has 1 amide bonds. The molecule has 0 radical (unpaired) electrons. The smallest absolute Gasteiger partial charge is 0.248 e. The first-order chi connectivity index (χ1) is 9.85. The highest BCUT2D eigenvalue weighted by molar-refractivity contribution is 7.89. The van der Waals surface area contributed by atoms with Crippen molar-refractivity contribution in [2.75, 3.05) is 45.2 Å². The molecule has 1 aromatic rings.